The predicted octanol–water partition coefficient (Wildman–Crippen LogP) is 3.67. The van der Waals surface area contributed by atoms with Gasteiger partial charge in [0.2, 0.25) is 0 Å². The Hall–Kier alpha value is -0.0100. The van der Waals surface area contributed by atoms with Crippen molar-refractivity contribution in [2.45, 2.75) is 18.6 Å². The molecule has 1 aromatic carbocycles. The minimum Gasteiger partial charge on any atom is -0.324 e. The Balaban J connectivity index is 0.00000196. The van der Waals surface area contributed by atoms with Crippen molar-refractivity contribution in [1.82, 2.24) is 0 Å². The van der Waals surface area contributed by atoms with E-state index in [0.29, 0.717) is 5.56 Å². The zero-order valence-electron chi connectivity index (χ0n) is 7.59. The van der Waals surface area contributed by atoms with E-state index < -0.39 is 18.6 Å². The molecule has 0 amide bonds. The van der Waals surface area contributed by atoms with Crippen molar-refractivity contribution >= 4 is 35.0 Å². The van der Waals surface area contributed by atoms with E-state index in [9.17, 15) is 13.2 Å². The maximum atomic E-state index is 12.0. The molecule has 86 valence electrons. The van der Waals surface area contributed by atoms with Crippen LogP contribution in [0, 0.1) is 3.57 Å². The van der Waals surface area contributed by atoms with Crippen LogP contribution in [0.2, 0.25) is 0 Å². The molecule has 6 heteroatoms. The molecule has 0 aromatic heterocycles. The van der Waals surface area contributed by atoms with E-state index in [1.165, 1.54) is 0 Å². The molecule has 0 unspecified atom stereocenters. The normalized spacial score (nSPS) is 13.1. The van der Waals surface area contributed by atoms with E-state index in [1.807, 2.05) is 28.7 Å². The van der Waals surface area contributed by atoms with Crippen LogP contribution in [0.1, 0.15) is 18.0 Å². The Morgan fingerprint density at radius 3 is 2.40 bits per heavy atom. The number of hydrogen-bond donors (Lipinski definition) is 1. The van der Waals surface area contributed by atoms with Crippen molar-refractivity contribution < 1.29 is 13.2 Å². The zero-order valence-corrected chi connectivity index (χ0v) is 10.6. The summed E-state index contributed by atoms with van der Waals surface area (Å²) in [6.07, 6.45) is -5.19. The summed E-state index contributed by atoms with van der Waals surface area (Å²) < 4.78 is 36.9. The summed E-state index contributed by atoms with van der Waals surface area (Å²) in [5.74, 6) is 0. The van der Waals surface area contributed by atoms with Crippen molar-refractivity contribution in [1.29, 1.82) is 0 Å². The zero-order chi connectivity index (χ0) is 10.8. The maximum Gasteiger partial charge on any atom is 0.390 e. The first-order valence-electron chi connectivity index (χ1n) is 3.96. The molecule has 15 heavy (non-hydrogen) atoms. The van der Waals surface area contributed by atoms with Crippen molar-refractivity contribution in [2.75, 3.05) is 0 Å². The lowest BCUT2D eigenvalue weighted by Gasteiger charge is -2.14. The van der Waals surface area contributed by atoms with Gasteiger partial charge in [-0.1, -0.05) is 12.1 Å². The summed E-state index contributed by atoms with van der Waals surface area (Å²) in [5, 5.41) is 0. The highest BCUT2D eigenvalue weighted by atomic mass is 127. The third kappa shape index (κ3) is 5.58. The molecule has 0 spiro atoms. The van der Waals surface area contributed by atoms with Crippen LogP contribution in [0.5, 0.6) is 0 Å². The molecular weight excluding hydrogens is 341 g/mol. The van der Waals surface area contributed by atoms with E-state index in [1.54, 1.807) is 18.2 Å². The Bertz CT molecular complexity index is 316. The van der Waals surface area contributed by atoms with E-state index in [-0.39, 0.29) is 12.4 Å². The summed E-state index contributed by atoms with van der Waals surface area (Å²) in [6.45, 7) is 0. The van der Waals surface area contributed by atoms with Gasteiger partial charge in [0.1, 0.15) is 0 Å². The maximum absolute atomic E-state index is 12.0. The highest BCUT2D eigenvalue weighted by Crippen LogP contribution is 2.28. The van der Waals surface area contributed by atoms with E-state index in [0.717, 1.165) is 3.57 Å². The van der Waals surface area contributed by atoms with Gasteiger partial charge in [-0.25, -0.2) is 0 Å². The van der Waals surface area contributed by atoms with Crippen molar-refractivity contribution in [2.24, 2.45) is 5.73 Å². The van der Waals surface area contributed by atoms with Gasteiger partial charge in [-0.05, 0) is 40.3 Å². The number of hydrogen-bond acceptors (Lipinski definition) is 1. The standard InChI is InChI=1S/C9H9F3IN.ClH/c10-9(11,12)5-8(14)6-2-1-3-7(13)4-6;/h1-4,8H,5,14H2;1H/t8-;/m0./s1. The average molecular weight is 352 g/mol. The van der Waals surface area contributed by atoms with Crippen LogP contribution in [-0.4, -0.2) is 6.18 Å². The second-order valence-electron chi connectivity index (χ2n) is 2.98. The molecule has 0 aliphatic heterocycles. The molecule has 1 aromatic rings. The lowest BCUT2D eigenvalue weighted by Crippen LogP contribution is -2.20. The minimum atomic E-state index is -4.21. The fourth-order valence-electron chi connectivity index (χ4n) is 1.10. The van der Waals surface area contributed by atoms with Gasteiger partial charge in [0.05, 0.1) is 6.42 Å². The van der Waals surface area contributed by atoms with Gasteiger partial charge in [-0.3, -0.25) is 0 Å². The molecule has 1 atom stereocenters. The Morgan fingerprint density at radius 2 is 1.93 bits per heavy atom. The van der Waals surface area contributed by atoms with Crippen LogP contribution in [0.4, 0.5) is 13.2 Å². The highest BCUT2D eigenvalue weighted by molar-refractivity contribution is 14.1. The SMILES string of the molecule is Cl.N[C@@H](CC(F)(F)F)c1cccc(I)c1. The van der Waals surface area contributed by atoms with Crippen molar-refractivity contribution in [3.8, 4) is 0 Å². The third-order valence-electron chi connectivity index (χ3n) is 1.73. The minimum absolute atomic E-state index is 0. The summed E-state index contributed by atoms with van der Waals surface area (Å²) in [6, 6.07) is 5.82. The van der Waals surface area contributed by atoms with Gasteiger partial charge in [0, 0.05) is 9.61 Å². The van der Waals surface area contributed by atoms with Gasteiger partial charge in [-0.15, -0.1) is 12.4 Å². The second kappa shape index (κ2) is 5.91. The second-order valence-corrected chi connectivity index (χ2v) is 4.23. The first-order chi connectivity index (χ1) is 6.38. The number of nitrogens with two attached hydrogens (primary N) is 1. The number of rotatable bonds is 2. The molecule has 2 N–H and O–H groups in total. The molecule has 0 bridgehead atoms. The first-order valence-corrected chi connectivity index (χ1v) is 5.04. The lowest BCUT2D eigenvalue weighted by molar-refractivity contribution is -0.138. The van der Waals surface area contributed by atoms with Gasteiger partial charge in [0.15, 0.2) is 0 Å². The molecule has 0 heterocycles. The Morgan fingerprint density at radius 1 is 1.33 bits per heavy atom. The molecule has 1 nitrogen and oxygen atoms in total. The van der Waals surface area contributed by atoms with Gasteiger partial charge in [0.25, 0.3) is 0 Å². The smallest absolute Gasteiger partial charge is 0.324 e. The Labute approximate surface area is 106 Å². The van der Waals surface area contributed by atoms with Crippen LogP contribution in [0.15, 0.2) is 24.3 Å². The lowest BCUT2D eigenvalue weighted by atomic mass is 10.1. The van der Waals surface area contributed by atoms with Gasteiger partial charge < -0.3 is 5.73 Å². The van der Waals surface area contributed by atoms with Gasteiger partial charge >= 0.3 is 6.18 Å². The largest absolute Gasteiger partial charge is 0.390 e. The third-order valence-corrected chi connectivity index (χ3v) is 2.40. The summed E-state index contributed by atoms with van der Waals surface area (Å²) >= 11 is 2.04. The molecule has 0 saturated heterocycles. The van der Waals surface area contributed by atoms with Crippen molar-refractivity contribution in [3.63, 3.8) is 0 Å². The summed E-state index contributed by atoms with van der Waals surface area (Å²) in [7, 11) is 0. The topological polar surface area (TPSA) is 26.0 Å². The van der Waals surface area contributed by atoms with Gasteiger partial charge in [-0.2, -0.15) is 13.2 Å². The van der Waals surface area contributed by atoms with Crippen LogP contribution >= 0.6 is 35.0 Å². The first kappa shape index (κ1) is 15.0. The summed E-state index contributed by atoms with van der Waals surface area (Å²) in [5.41, 5.74) is 5.95. The fourth-order valence-corrected chi connectivity index (χ4v) is 1.67. The Kier molecular flexibility index (Phi) is 5.90. The predicted molar refractivity (Wildman–Crippen MR) is 64.0 cm³/mol. The molecule has 0 aliphatic carbocycles. The summed E-state index contributed by atoms with van der Waals surface area (Å²) in [4.78, 5) is 0. The molecule has 1 rings (SSSR count). The number of halogens is 5. The monoisotopic (exact) mass is 351 g/mol. The van der Waals surface area contributed by atoms with Crippen LogP contribution in [0.25, 0.3) is 0 Å². The van der Waals surface area contributed by atoms with E-state index in [4.69, 9.17) is 5.73 Å². The van der Waals surface area contributed by atoms with Crippen LogP contribution < -0.4 is 5.73 Å². The quantitative estimate of drug-likeness (QED) is 0.809. The highest BCUT2D eigenvalue weighted by Gasteiger charge is 2.30. The molecule has 0 aliphatic rings. The molecule has 0 fully saturated rings. The average Bonchev–Trinajstić information content (AvgIpc) is 2.01. The van der Waals surface area contributed by atoms with E-state index >= 15 is 0 Å². The molecule has 0 saturated carbocycles. The number of benzene rings is 1. The van der Waals surface area contributed by atoms with E-state index in [2.05, 4.69) is 0 Å². The fraction of sp³-hybridized carbons (Fsp3) is 0.333. The van der Waals surface area contributed by atoms with Crippen LogP contribution in [0.3, 0.4) is 0 Å². The van der Waals surface area contributed by atoms with Crippen LogP contribution in [-0.2, 0) is 0 Å². The van der Waals surface area contributed by atoms with Crippen molar-refractivity contribution in [3.05, 3.63) is 33.4 Å². The molecular formula is C9H10ClF3IN. The molecule has 0 radical (unpaired) electrons. The number of alkyl halides is 3.